The summed E-state index contributed by atoms with van der Waals surface area (Å²) in [5.41, 5.74) is 0. The van der Waals surface area contributed by atoms with E-state index in [2.05, 4.69) is 0 Å². The van der Waals surface area contributed by atoms with Gasteiger partial charge in [0.2, 0.25) is 5.79 Å². The van der Waals surface area contributed by atoms with Gasteiger partial charge in [0.25, 0.3) is 0 Å². The van der Waals surface area contributed by atoms with E-state index < -0.39 is 37.0 Å². The van der Waals surface area contributed by atoms with Gasteiger partial charge in [0, 0.05) is 20.6 Å². The molecule has 0 heterocycles. The zero-order valence-electron chi connectivity index (χ0n) is 16.1. The molecule has 2 unspecified atom stereocenters. The summed E-state index contributed by atoms with van der Waals surface area (Å²) in [7, 11) is 2.74. The summed E-state index contributed by atoms with van der Waals surface area (Å²) in [4.78, 5) is 0. The van der Waals surface area contributed by atoms with Gasteiger partial charge in [0.15, 0.2) is 5.79 Å². The number of rotatable bonds is 14. The number of aliphatic hydroxyl groups excluding tert-OH is 6. The molecule has 0 fully saturated rings. The Morgan fingerprint density at radius 1 is 0.654 bits per heavy atom. The van der Waals surface area contributed by atoms with Crippen LogP contribution in [0.25, 0.3) is 0 Å². The van der Waals surface area contributed by atoms with Crippen molar-refractivity contribution in [1.82, 2.24) is 0 Å². The summed E-state index contributed by atoms with van der Waals surface area (Å²) in [5, 5.41) is 53.2. The number of methoxy groups -OCH3 is 2. The fourth-order valence-electron chi connectivity index (χ4n) is 1.78. The second kappa shape index (κ2) is 15.6. The number of hydrogen-bond donors (Lipinski definition) is 6. The van der Waals surface area contributed by atoms with E-state index in [9.17, 15) is 0 Å². The van der Waals surface area contributed by atoms with Gasteiger partial charge in [-0.25, -0.2) is 0 Å². The molecule has 0 aromatic carbocycles. The molecular weight excluding hydrogens is 352 g/mol. The molecule has 0 bridgehead atoms. The van der Waals surface area contributed by atoms with E-state index in [4.69, 9.17) is 49.6 Å². The zero-order valence-corrected chi connectivity index (χ0v) is 16.1. The Morgan fingerprint density at radius 2 is 1.04 bits per heavy atom. The molecule has 10 nitrogen and oxygen atoms in total. The predicted molar refractivity (Wildman–Crippen MR) is 92.3 cm³/mol. The predicted octanol–water partition coefficient (Wildman–Crippen LogP) is -1.80. The fourth-order valence-corrected chi connectivity index (χ4v) is 1.78. The highest BCUT2D eigenvalue weighted by molar-refractivity contribution is 4.70. The van der Waals surface area contributed by atoms with Crippen molar-refractivity contribution >= 4 is 0 Å². The Morgan fingerprint density at radius 3 is 1.27 bits per heavy atom. The first-order valence-corrected chi connectivity index (χ1v) is 8.46. The molecule has 0 aliphatic heterocycles. The van der Waals surface area contributed by atoms with Gasteiger partial charge in [0.1, 0.15) is 6.10 Å². The first kappa shape index (κ1) is 27.8. The normalized spacial score (nSPS) is 15.3. The molecule has 0 radical (unpaired) electrons. The third kappa shape index (κ3) is 9.51. The highest BCUT2D eigenvalue weighted by atomic mass is 16.7. The molecule has 0 aliphatic rings. The monoisotopic (exact) mass is 388 g/mol. The van der Waals surface area contributed by atoms with E-state index in [0.717, 1.165) is 0 Å². The summed E-state index contributed by atoms with van der Waals surface area (Å²) < 4.78 is 20.2. The zero-order chi connectivity index (χ0) is 20.6. The maximum atomic E-state index is 9.00. The van der Waals surface area contributed by atoms with Crippen LogP contribution in [0.15, 0.2) is 0 Å². The largest absolute Gasteiger partial charge is 0.394 e. The molecule has 0 amide bonds. The topological polar surface area (TPSA) is 158 Å². The smallest absolute Gasteiger partial charge is 0.215 e. The van der Waals surface area contributed by atoms with Crippen molar-refractivity contribution in [3.63, 3.8) is 0 Å². The Kier molecular flexibility index (Phi) is 16.7. The summed E-state index contributed by atoms with van der Waals surface area (Å²) in [5.74, 6) is -2.51. The van der Waals surface area contributed by atoms with Crippen molar-refractivity contribution in [3.8, 4) is 0 Å². The minimum absolute atomic E-state index is 0.165. The van der Waals surface area contributed by atoms with Crippen molar-refractivity contribution in [2.24, 2.45) is 0 Å². The van der Waals surface area contributed by atoms with Gasteiger partial charge < -0.3 is 49.6 Å². The van der Waals surface area contributed by atoms with E-state index >= 15 is 0 Å². The van der Waals surface area contributed by atoms with E-state index in [1.807, 2.05) is 6.92 Å². The summed E-state index contributed by atoms with van der Waals surface area (Å²) >= 11 is 0. The number of aliphatic hydroxyl groups is 6. The van der Waals surface area contributed by atoms with Crippen molar-refractivity contribution < 1.29 is 49.6 Å². The molecule has 0 saturated carbocycles. The van der Waals surface area contributed by atoms with Crippen molar-refractivity contribution in [3.05, 3.63) is 0 Å². The van der Waals surface area contributed by atoms with Gasteiger partial charge in [-0.15, -0.1) is 0 Å². The minimum Gasteiger partial charge on any atom is -0.394 e. The minimum atomic E-state index is -1.40. The molecule has 0 saturated heterocycles. The molecule has 0 aliphatic carbocycles. The van der Waals surface area contributed by atoms with Crippen LogP contribution in [-0.2, 0) is 18.9 Å². The number of ether oxygens (including phenoxy) is 4. The maximum Gasteiger partial charge on any atom is 0.215 e. The third-order valence-electron chi connectivity index (χ3n) is 3.83. The van der Waals surface area contributed by atoms with Crippen LogP contribution in [0.1, 0.15) is 26.7 Å². The lowest BCUT2D eigenvalue weighted by Crippen LogP contribution is -2.46. The van der Waals surface area contributed by atoms with Crippen LogP contribution in [0.4, 0.5) is 0 Å². The fraction of sp³-hybridized carbons (Fsp3) is 1.00. The molecule has 0 aromatic heterocycles. The number of hydrogen-bond acceptors (Lipinski definition) is 10. The molecule has 6 N–H and O–H groups in total. The summed E-state index contributed by atoms with van der Waals surface area (Å²) in [6.07, 6.45) is -0.121. The second-order valence-electron chi connectivity index (χ2n) is 5.49. The molecule has 160 valence electrons. The Balaban J connectivity index is 0. The van der Waals surface area contributed by atoms with Crippen LogP contribution in [0.5, 0.6) is 0 Å². The average Bonchev–Trinajstić information content (AvgIpc) is 2.72. The molecule has 10 heteroatoms. The van der Waals surface area contributed by atoms with Crippen LogP contribution in [-0.4, -0.2) is 108 Å². The van der Waals surface area contributed by atoms with Crippen molar-refractivity contribution in [2.45, 2.75) is 50.5 Å². The van der Waals surface area contributed by atoms with Crippen LogP contribution >= 0.6 is 0 Å². The Labute approximate surface area is 154 Å². The molecular formula is C16H36O10. The van der Waals surface area contributed by atoms with Crippen molar-refractivity contribution in [1.29, 1.82) is 0 Å². The van der Waals surface area contributed by atoms with Gasteiger partial charge in [-0.05, 0) is 6.42 Å². The van der Waals surface area contributed by atoms with Gasteiger partial charge in [-0.3, -0.25) is 0 Å². The standard InChI is InChI=1S/2C8H18O5/c1-3-8(6-11,12-2)13-7(4-9)5-10;1-3-7(4-9)13-8(5-10,6-11)12-2/h2*7,9-11H,3-6H2,1-2H3. The van der Waals surface area contributed by atoms with Gasteiger partial charge in [-0.1, -0.05) is 13.8 Å². The van der Waals surface area contributed by atoms with E-state index in [1.54, 1.807) is 6.92 Å². The first-order valence-electron chi connectivity index (χ1n) is 8.46. The second-order valence-corrected chi connectivity index (χ2v) is 5.49. The van der Waals surface area contributed by atoms with Crippen LogP contribution in [0, 0.1) is 0 Å². The highest BCUT2D eigenvalue weighted by Crippen LogP contribution is 2.18. The molecule has 26 heavy (non-hydrogen) atoms. The Bertz CT molecular complexity index is 253. The van der Waals surface area contributed by atoms with E-state index in [1.165, 1.54) is 14.2 Å². The van der Waals surface area contributed by atoms with Crippen LogP contribution in [0.2, 0.25) is 0 Å². The lowest BCUT2D eigenvalue weighted by molar-refractivity contribution is -0.282. The molecule has 0 spiro atoms. The Hall–Kier alpha value is -0.400. The molecule has 2 atom stereocenters. The van der Waals surface area contributed by atoms with Gasteiger partial charge in [0.05, 0.1) is 45.7 Å². The maximum absolute atomic E-state index is 9.00. The lowest BCUT2D eigenvalue weighted by Gasteiger charge is -2.32. The quantitative estimate of drug-likeness (QED) is 0.188. The lowest BCUT2D eigenvalue weighted by atomic mass is 10.2. The van der Waals surface area contributed by atoms with Crippen molar-refractivity contribution in [2.75, 3.05) is 53.9 Å². The molecule has 0 rings (SSSR count). The van der Waals surface area contributed by atoms with E-state index in [-0.39, 0.29) is 26.4 Å². The van der Waals surface area contributed by atoms with E-state index in [0.29, 0.717) is 12.8 Å². The first-order chi connectivity index (χ1) is 12.3. The van der Waals surface area contributed by atoms with Crippen LogP contribution in [0.3, 0.4) is 0 Å². The van der Waals surface area contributed by atoms with Crippen LogP contribution < -0.4 is 0 Å². The highest BCUT2D eigenvalue weighted by Gasteiger charge is 2.32. The third-order valence-corrected chi connectivity index (χ3v) is 3.83. The SMILES string of the molecule is CCC(CO)(OC)OC(CO)CO.CCC(CO)OC(CO)(CO)OC. The van der Waals surface area contributed by atoms with Gasteiger partial charge >= 0.3 is 0 Å². The van der Waals surface area contributed by atoms with Gasteiger partial charge in [-0.2, -0.15) is 0 Å². The average molecular weight is 388 g/mol. The molecule has 0 aromatic rings. The summed E-state index contributed by atoms with van der Waals surface area (Å²) in [6, 6.07) is 0. The summed E-state index contributed by atoms with van der Waals surface area (Å²) in [6.45, 7) is 1.63.